The molecule has 1 heterocycles. The fourth-order valence-electron chi connectivity index (χ4n) is 1.88. The Kier molecular flexibility index (Phi) is 4.22. The van der Waals surface area contributed by atoms with Gasteiger partial charge in [-0.2, -0.15) is 0 Å². The zero-order chi connectivity index (χ0) is 14.8. The van der Waals surface area contributed by atoms with Crippen molar-refractivity contribution < 1.29 is 14.6 Å². The van der Waals surface area contributed by atoms with Crippen LogP contribution in [-0.2, 0) is 0 Å². The lowest BCUT2D eigenvalue weighted by molar-refractivity contribution is 0.172. The summed E-state index contributed by atoms with van der Waals surface area (Å²) >= 11 is 0. The van der Waals surface area contributed by atoms with Crippen LogP contribution in [0.3, 0.4) is 0 Å². The quantitative estimate of drug-likeness (QED) is 0.527. The number of rotatable bonds is 3. The maximum Gasteiger partial charge on any atom is 0.231 e. The topological polar surface area (TPSA) is 38.7 Å². The van der Waals surface area contributed by atoms with Gasteiger partial charge in [-0.25, -0.2) is 0 Å². The van der Waals surface area contributed by atoms with Gasteiger partial charge in [-0.15, -0.1) is 12.1 Å². The number of aliphatic hydroxyl groups is 1. The van der Waals surface area contributed by atoms with Crippen molar-refractivity contribution in [2.24, 2.45) is 0 Å². The minimum absolute atomic E-state index is 0.219. The summed E-state index contributed by atoms with van der Waals surface area (Å²) in [6, 6.07) is 3.68. The van der Waals surface area contributed by atoms with Crippen molar-refractivity contribution in [3.8, 4) is 23.0 Å². The lowest BCUT2D eigenvalue weighted by atomic mass is 9.99. The van der Waals surface area contributed by atoms with Gasteiger partial charge in [0.15, 0.2) is 11.5 Å². The predicted molar refractivity (Wildman–Crippen MR) is 82.6 cm³/mol. The summed E-state index contributed by atoms with van der Waals surface area (Å²) in [6.45, 7) is 10.4. The number of hydrogen-bond donors (Lipinski definition) is 1. The molecule has 0 saturated heterocycles. The molecule has 1 unspecified atom stereocenters. The Morgan fingerprint density at radius 2 is 2.00 bits per heavy atom. The third kappa shape index (κ3) is 3.44. The molecular weight excluding hydrogens is 268 g/mol. The lowest BCUT2D eigenvalue weighted by Gasteiger charge is -2.13. The van der Waals surface area contributed by atoms with Crippen molar-refractivity contribution in [2.75, 3.05) is 6.79 Å². The molecule has 0 saturated carbocycles. The van der Waals surface area contributed by atoms with Crippen LogP contribution in [0.1, 0.15) is 23.7 Å². The Balaban J connectivity index is 2.46. The predicted octanol–water partition coefficient (Wildman–Crippen LogP) is 3.25. The van der Waals surface area contributed by atoms with E-state index in [2.05, 4.69) is 37.7 Å². The van der Waals surface area contributed by atoms with Crippen molar-refractivity contribution in [1.29, 1.82) is 0 Å². The van der Waals surface area contributed by atoms with Crippen LogP contribution in [0.25, 0.3) is 0 Å². The molecule has 1 aromatic rings. The third-order valence-corrected chi connectivity index (χ3v) is 3.74. The molecule has 4 heteroatoms. The summed E-state index contributed by atoms with van der Waals surface area (Å²) in [6.07, 6.45) is 1.57. The van der Waals surface area contributed by atoms with E-state index in [1.807, 2.05) is 12.1 Å². The first-order valence-electron chi connectivity index (χ1n) is 6.66. The van der Waals surface area contributed by atoms with Gasteiger partial charge in [-0.1, -0.05) is 31.6 Å². The molecular formula is C16H20O3Si. The van der Waals surface area contributed by atoms with E-state index in [0.717, 1.165) is 11.1 Å². The average molecular weight is 288 g/mol. The van der Waals surface area contributed by atoms with Gasteiger partial charge in [0.25, 0.3) is 0 Å². The van der Waals surface area contributed by atoms with E-state index < -0.39 is 14.2 Å². The maximum atomic E-state index is 10.2. The van der Waals surface area contributed by atoms with Crippen molar-refractivity contribution >= 4 is 8.07 Å². The second kappa shape index (κ2) is 5.74. The number of aliphatic hydroxyl groups excluding tert-OH is 1. The van der Waals surface area contributed by atoms with E-state index in [9.17, 15) is 5.11 Å². The molecule has 1 aliphatic rings. The van der Waals surface area contributed by atoms with Gasteiger partial charge < -0.3 is 14.6 Å². The summed E-state index contributed by atoms with van der Waals surface area (Å²) in [7, 11) is -1.48. The van der Waals surface area contributed by atoms with Gasteiger partial charge in [0.05, 0.1) is 6.10 Å². The summed E-state index contributed by atoms with van der Waals surface area (Å²) in [5.41, 5.74) is 4.91. The fraction of sp³-hybridized carbons (Fsp3) is 0.375. The molecule has 0 fully saturated rings. The van der Waals surface area contributed by atoms with Gasteiger partial charge in [0.1, 0.15) is 8.07 Å². The zero-order valence-electron chi connectivity index (χ0n) is 12.2. The minimum atomic E-state index is -1.48. The molecule has 0 aromatic heterocycles. The highest BCUT2D eigenvalue weighted by Crippen LogP contribution is 2.37. The van der Waals surface area contributed by atoms with Gasteiger partial charge in [0.2, 0.25) is 6.79 Å². The summed E-state index contributed by atoms with van der Waals surface area (Å²) in [5.74, 6) is 4.57. The van der Waals surface area contributed by atoms with Crippen molar-refractivity contribution in [1.82, 2.24) is 0 Å². The number of benzene rings is 1. The Labute approximate surface area is 121 Å². The van der Waals surface area contributed by atoms with Gasteiger partial charge in [0, 0.05) is 17.2 Å². The average Bonchev–Trinajstić information content (AvgIpc) is 2.81. The summed E-state index contributed by atoms with van der Waals surface area (Å²) < 4.78 is 10.8. The molecule has 1 aromatic carbocycles. The van der Waals surface area contributed by atoms with Crippen LogP contribution in [0.4, 0.5) is 0 Å². The lowest BCUT2D eigenvalue weighted by Crippen LogP contribution is -2.16. The number of ether oxygens (including phenoxy) is 2. The normalized spacial score (nSPS) is 14.4. The zero-order valence-corrected chi connectivity index (χ0v) is 13.2. The standard InChI is InChI=1S/C16H20O3Si/c1-5-6-14(17)13-10-16-15(18-11-19-16)9-12(13)7-8-20(2,3)4/h5,9-10,14,17H,1,6,11H2,2-4H3. The molecule has 3 nitrogen and oxygen atoms in total. The van der Waals surface area contributed by atoms with Crippen molar-refractivity contribution in [3.05, 3.63) is 35.9 Å². The summed E-state index contributed by atoms with van der Waals surface area (Å²) in [4.78, 5) is 0. The molecule has 0 bridgehead atoms. The smallest absolute Gasteiger partial charge is 0.231 e. The Morgan fingerprint density at radius 1 is 1.35 bits per heavy atom. The van der Waals surface area contributed by atoms with E-state index in [0.29, 0.717) is 17.9 Å². The molecule has 0 spiro atoms. The molecule has 20 heavy (non-hydrogen) atoms. The Hall–Kier alpha value is -1.70. The third-order valence-electron chi connectivity index (χ3n) is 2.87. The highest BCUT2D eigenvalue weighted by molar-refractivity contribution is 6.83. The van der Waals surface area contributed by atoms with Crippen LogP contribution >= 0.6 is 0 Å². The summed E-state index contributed by atoms with van der Waals surface area (Å²) in [5, 5.41) is 10.2. The molecule has 1 aliphatic heterocycles. The minimum Gasteiger partial charge on any atom is -0.454 e. The SMILES string of the molecule is C=CCC(O)c1cc2c(cc1C#C[Si](C)(C)C)OCO2. The van der Waals surface area contributed by atoms with Crippen LogP contribution < -0.4 is 9.47 Å². The highest BCUT2D eigenvalue weighted by Gasteiger charge is 2.20. The van der Waals surface area contributed by atoms with Crippen LogP contribution in [-0.4, -0.2) is 20.0 Å². The molecule has 0 amide bonds. The molecule has 1 atom stereocenters. The Morgan fingerprint density at radius 3 is 2.60 bits per heavy atom. The highest BCUT2D eigenvalue weighted by atomic mass is 28.3. The van der Waals surface area contributed by atoms with Crippen LogP contribution in [0.15, 0.2) is 24.8 Å². The maximum absolute atomic E-state index is 10.2. The molecule has 0 aliphatic carbocycles. The van der Waals surface area contributed by atoms with Gasteiger partial charge in [-0.3, -0.25) is 0 Å². The van der Waals surface area contributed by atoms with Gasteiger partial charge >= 0.3 is 0 Å². The van der Waals surface area contributed by atoms with Crippen LogP contribution in [0.2, 0.25) is 19.6 Å². The molecule has 2 rings (SSSR count). The van der Waals surface area contributed by atoms with E-state index in [-0.39, 0.29) is 6.79 Å². The second-order valence-corrected chi connectivity index (χ2v) is 10.6. The first-order chi connectivity index (χ1) is 9.40. The molecule has 0 radical (unpaired) electrons. The van der Waals surface area contributed by atoms with Crippen molar-refractivity contribution in [3.63, 3.8) is 0 Å². The largest absolute Gasteiger partial charge is 0.454 e. The first-order valence-corrected chi connectivity index (χ1v) is 10.2. The van der Waals surface area contributed by atoms with E-state index in [1.165, 1.54) is 0 Å². The second-order valence-electron chi connectivity index (χ2n) is 5.83. The monoisotopic (exact) mass is 288 g/mol. The van der Waals surface area contributed by atoms with E-state index in [1.54, 1.807) is 6.08 Å². The number of fused-ring (bicyclic) bond motifs is 1. The molecule has 106 valence electrons. The Bertz CT molecular complexity index is 576. The van der Waals surface area contributed by atoms with E-state index in [4.69, 9.17) is 9.47 Å². The molecule has 1 N–H and O–H groups in total. The van der Waals surface area contributed by atoms with Gasteiger partial charge in [-0.05, 0) is 12.5 Å². The van der Waals surface area contributed by atoms with Crippen molar-refractivity contribution in [2.45, 2.75) is 32.2 Å². The number of hydrogen-bond acceptors (Lipinski definition) is 3. The first kappa shape index (κ1) is 14.7. The van der Waals surface area contributed by atoms with E-state index >= 15 is 0 Å². The fourth-order valence-corrected chi connectivity index (χ4v) is 2.39. The van der Waals surface area contributed by atoms with Crippen LogP contribution in [0.5, 0.6) is 11.5 Å². The van der Waals surface area contributed by atoms with Crippen LogP contribution in [0, 0.1) is 11.5 Å².